The van der Waals surface area contributed by atoms with Gasteiger partial charge in [-0.25, -0.2) is 9.48 Å². The third-order valence-electron chi connectivity index (χ3n) is 4.38. The van der Waals surface area contributed by atoms with Crippen LogP contribution in [0.3, 0.4) is 0 Å². The van der Waals surface area contributed by atoms with Crippen LogP contribution in [0.1, 0.15) is 27.4 Å². The van der Waals surface area contributed by atoms with E-state index in [-0.39, 0.29) is 30.4 Å². The zero-order valence-corrected chi connectivity index (χ0v) is 16.0. The van der Waals surface area contributed by atoms with Crippen molar-refractivity contribution >= 4 is 5.91 Å². The van der Waals surface area contributed by atoms with Gasteiger partial charge in [0, 0.05) is 19.2 Å². The molecule has 0 saturated heterocycles. The summed E-state index contributed by atoms with van der Waals surface area (Å²) in [7, 11) is 1.43. The molecule has 3 rings (SSSR count). The Balaban J connectivity index is 1.75. The number of furan rings is 1. The first kappa shape index (κ1) is 20.4. The van der Waals surface area contributed by atoms with Crippen molar-refractivity contribution in [3.8, 4) is 11.4 Å². The number of aromatic nitrogens is 3. The van der Waals surface area contributed by atoms with Gasteiger partial charge in [0.2, 0.25) is 0 Å². The predicted molar refractivity (Wildman–Crippen MR) is 98.4 cm³/mol. The summed E-state index contributed by atoms with van der Waals surface area (Å²) in [4.78, 5) is 24.5. The van der Waals surface area contributed by atoms with Crippen LogP contribution in [0.15, 0.2) is 39.5 Å². The predicted octanol–water partition coefficient (Wildman–Crippen LogP) is 2.91. The first-order valence-electron chi connectivity index (χ1n) is 8.74. The van der Waals surface area contributed by atoms with Crippen molar-refractivity contribution in [2.45, 2.75) is 26.6 Å². The summed E-state index contributed by atoms with van der Waals surface area (Å²) >= 11 is 0. The molecular weight excluding hydrogens is 389 g/mol. The van der Waals surface area contributed by atoms with Gasteiger partial charge in [-0.2, -0.15) is 13.2 Å². The molecule has 154 valence electrons. The van der Waals surface area contributed by atoms with E-state index in [1.54, 1.807) is 19.9 Å². The van der Waals surface area contributed by atoms with Gasteiger partial charge in [-0.15, -0.1) is 5.10 Å². The van der Waals surface area contributed by atoms with E-state index in [1.807, 2.05) is 0 Å². The van der Waals surface area contributed by atoms with E-state index in [2.05, 4.69) is 10.4 Å². The number of amides is 1. The van der Waals surface area contributed by atoms with Gasteiger partial charge in [0.1, 0.15) is 11.5 Å². The second-order valence-corrected chi connectivity index (χ2v) is 6.55. The Bertz CT molecular complexity index is 1110. The fourth-order valence-electron chi connectivity index (χ4n) is 2.95. The fourth-order valence-corrected chi connectivity index (χ4v) is 2.95. The molecule has 0 aliphatic rings. The molecule has 0 atom stereocenters. The Hall–Kier alpha value is -3.30. The number of benzene rings is 1. The van der Waals surface area contributed by atoms with Crippen molar-refractivity contribution in [3.05, 3.63) is 63.5 Å². The van der Waals surface area contributed by atoms with Gasteiger partial charge in [-0.05, 0) is 32.0 Å². The minimum Gasteiger partial charge on any atom is -0.466 e. The summed E-state index contributed by atoms with van der Waals surface area (Å²) < 4.78 is 46.4. The zero-order valence-electron chi connectivity index (χ0n) is 16.0. The molecule has 2 heterocycles. The number of alkyl halides is 3. The number of hydrogen-bond donors (Lipinski definition) is 1. The lowest BCUT2D eigenvalue weighted by molar-refractivity contribution is -0.137. The van der Waals surface area contributed by atoms with Gasteiger partial charge in [0.15, 0.2) is 5.82 Å². The van der Waals surface area contributed by atoms with Gasteiger partial charge in [0.25, 0.3) is 5.91 Å². The van der Waals surface area contributed by atoms with Crippen LogP contribution >= 0.6 is 0 Å². The summed E-state index contributed by atoms with van der Waals surface area (Å²) in [6, 6.07) is 6.22. The quantitative estimate of drug-likeness (QED) is 0.704. The average molecular weight is 408 g/mol. The first-order valence-corrected chi connectivity index (χ1v) is 8.74. The third kappa shape index (κ3) is 4.25. The molecule has 3 aromatic rings. The van der Waals surface area contributed by atoms with Crippen LogP contribution in [0.25, 0.3) is 11.4 Å². The molecule has 0 fully saturated rings. The monoisotopic (exact) mass is 408 g/mol. The number of aryl methyl sites for hydroxylation is 2. The first-order chi connectivity index (χ1) is 13.6. The number of nitrogens with one attached hydrogen (secondary N) is 1. The van der Waals surface area contributed by atoms with Crippen molar-refractivity contribution in [2.24, 2.45) is 7.05 Å². The number of carbonyl (C=O) groups is 1. The molecule has 0 unspecified atom stereocenters. The van der Waals surface area contributed by atoms with Gasteiger partial charge in [-0.3, -0.25) is 9.36 Å². The molecule has 1 aromatic carbocycles. The molecule has 0 aliphatic carbocycles. The van der Waals surface area contributed by atoms with Gasteiger partial charge < -0.3 is 9.73 Å². The van der Waals surface area contributed by atoms with E-state index < -0.39 is 17.4 Å². The van der Waals surface area contributed by atoms with Crippen LogP contribution in [0.5, 0.6) is 0 Å². The molecule has 0 bridgehead atoms. The maximum absolute atomic E-state index is 12.9. The van der Waals surface area contributed by atoms with Crippen LogP contribution in [-0.2, 0) is 19.8 Å². The Morgan fingerprint density at radius 2 is 1.97 bits per heavy atom. The zero-order chi connectivity index (χ0) is 21.3. The highest BCUT2D eigenvalue weighted by molar-refractivity contribution is 5.95. The van der Waals surface area contributed by atoms with E-state index in [1.165, 1.54) is 23.7 Å². The molecule has 0 saturated carbocycles. The van der Waals surface area contributed by atoms with Gasteiger partial charge in [-0.1, -0.05) is 12.1 Å². The molecule has 1 N–H and O–H groups in total. The topological polar surface area (TPSA) is 82.1 Å². The Kier molecular flexibility index (Phi) is 5.36. The van der Waals surface area contributed by atoms with Crippen molar-refractivity contribution in [2.75, 3.05) is 6.54 Å². The highest BCUT2D eigenvalue weighted by Gasteiger charge is 2.31. The Morgan fingerprint density at radius 1 is 1.24 bits per heavy atom. The molecule has 0 aliphatic heterocycles. The summed E-state index contributed by atoms with van der Waals surface area (Å²) in [5.41, 5.74) is -0.746. The molecule has 29 heavy (non-hydrogen) atoms. The fraction of sp³-hybridized carbons (Fsp3) is 0.316. The lowest BCUT2D eigenvalue weighted by atomic mass is 10.1. The third-order valence-corrected chi connectivity index (χ3v) is 4.38. The molecule has 0 radical (unpaired) electrons. The van der Waals surface area contributed by atoms with Crippen LogP contribution < -0.4 is 11.0 Å². The summed E-state index contributed by atoms with van der Waals surface area (Å²) in [5.74, 6) is 0.858. The number of halogens is 3. The molecule has 1 amide bonds. The normalized spacial score (nSPS) is 11.7. The number of carbonyl (C=O) groups excluding carboxylic acids is 1. The van der Waals surface area contributed by atoms with Crippen LogP contribution in [-0.4, -0.2) is 26.8 Å². The average Bonchev–Trinajstić information content (AvgIpc) is 3.14. The summed E-state index contributed by atoms with van der Waals surface area (Å²) in [6.07, 6.45) is -4.49. The standard InChI is InChI=1S/C19H19F3N4O3/c1-11-9-15(12(2)29-11)17(27)23-7-8-26-18(28)25(3)16(24-26)13-5-4-6-14(10-13)19(20,21)22/h4-6,9-10H,7-8H2,1-3H3,(H,23,27). The lowest BCUT2D eigenvalue weighted by Crippen LogP contribution is -2.31. The largest absolute Gasteiger partial charge is 0.466 e. The van der Waals surface area contributed by atoms with E-state index in [0.29, 0.717) is 17.1 Å². The van der Waals surface area contributed by atoms with Gasteiger partial charge >= 0.3 is 11.9 Å². The van der Waals surface area contributed by atoms with Crippen molar-refractivity contribution in [3.63, 3.8) is 0 Å². The molecule has 2 aromatic heterocycles. The molecule has 7 nitrogen and oxygen atoms in total. The smallest absolute Gasteiger partial charge is 0.416 e. The second-order valence-electron chi connectivity index (χ2n) is 6.55. The summed E-state index contributed by atoms with van der Waals surface area (Å²) in [5, 5.41) is 6.79. The molecule has 10 heteroatoms. The SMILES string of the molecule is Cc1cc(C(=O)NCCn2nc(-c3cccc(C(F)(F)F)c3)n(C)c2=O)c(C)o1. The van der Waals surface area contributed by atoms with Crippen LogP contribution in [0.2, 0.25) is 0 Å². The minimum atomic E-state index is -4.49. The maximum Gasteiger partial charge on any atom is 0.416 e. The van der Waals surface area contributed by atoms with E-state index in [9.17, 15) is 22.8 Å². The summed E-state index contributed by atoms with van der Waals surface area (Å²) in [6.45, 7) is 3.58. The Morgan fingerprint density at radius 3 is 2.59 bits per heavy atom. The highest BCUT2D eigenvalue weighted by atomic mass is 19.4. The van der Waals surface area contributed by atoms with E-state index >= 15 is 0 Å². The lowest BCUT2D eigenvalue weighted by Gasteiger charge is -2.08. The second kappa shape index (κ2) is 7.61. The highest BCUT2D eigenvalue weighted by Crippen LogP contribution is 2.31. The van der Waals surface area contributed by atoms with Gasteiger partial charge in [0.05, 0.1) is 17.7 Å². The number of hydrogen-bond acceptors (Lipinski definition) is 4. The minimum absolute atomic E-state index is 0.0628. The molecule has 0 spiro atoms. The Labute approximate surface area is 163 Å². The van der Waals surface area contributed by atoms with Crippen LogP contribution in [0, 0.1) is 13.8 Å². The van der Waals surface area contributed by atoms with Crippen molar-refractivity contribution < 1.29 is 22.4 Å². The number of nitrogens with zero attached hydrogens (tertiary/aromatic N) is 3. The maximum atomic E-state index is 12.9. The molecular formula is C19H19F3N4O3. The van der Waals surface area contributed by atoms with E-state index in [0.717, 1.165) is 16.8 Å². The van der Waals surface area contributed by atoms with Crippen molar-refractivity contribution in [1.82, 2.24) is 19.7 Å². The van der Waals surface area contributed by atoms with Crippen molar-refractivity contribution in [1.29, 1.82) is 0 Å². The number of rotatable bonds is 5. The van der Waals surface area contributed by atoms with E-state index in [4.69, 9.17) is 4.42 Å². The van der Waals surface area contributed by atoms with Crippen LogP contribution in [0.4, 0.5) is 13.2 Å².